The van der Waals surface area contributed by atoms with Gasteiger partial charge in [0.15, 0.2) is 0 Å². The molecule has 1 aromatic rings. The molecular weight excluding hydrogens is 276 g/mol. The fourth-order valence-corrected chi connectivity index (χ4v) is 2.91. The number of hydrogen-bond acceptors (Lipinski definition) is 1. The second-order valence-corrected chi connectivity index (χ2v) is 6.30. The molecule has 0 aromatic carbocycles. The predicted octanol–water partition coefficient (Wildman–Crippen LogP) is 3.84. The Morgan fingerprint density at radius 3 is 2.70 bits per heavy atom. The molecule has 0 aliphatic carbocycles. The van der Waals surface area contributed by atoms with E-state index < -0.39 is 0 Å². The Morgan fingerprint density at radius 2 is 2.30 bits per heavy atom. The molecule has 0 saturated heterocycles. The third kappa shape index (κ3) is 2.72. The molecule has 0 aliphatic rings. The van der Waals surface area contributed by atoms with Gasteiger partial charge in [-0.15, -0.1) is 11.3 Å². The van der Waals surface area contributed by atoms with Crippen LogP contribution >= 0.6 is 43.2 Å². The van der Waals surface area contributed by atoms with Crippen molar-refractivity contribution in [2.75, 3.05) is 0 Å². The van der Waals surface area contributed by atoms with Gasteiger partial charge in [0, 0.05) is 9.70 Å². The molecular formula is C7H8Br2S. The van der Waals surface area contributed by atoms with Gasteiger partial charge in [0.25, 0.3) is 0 Å². The molecule has 0 amide bonds. The first kappa shape index (κ1) is 8.75. The quantitative estimate of drug-likeness (QED) is 0.724. The zero-order chi connectivity index (χ0) is 7.56. The monoisotopic (exact) mass is 282 g/mol. The van der Waals surface area contributed by atoms with Crippen LogP contribution in [0.5, 0.6) is 0 Å². The normalized spacial score (nSPS) is 13.5. The van der Waals surface area contributed by atoms with E-state index in [0.29, 0.717) is 4.83 Å². The molecule has 3 heteroatoms. The first-order valence-electron chi connectivity index (χ1n) is 3.07. The van der Waals surface area contributed by atoms with Crippen LogP contribution in [0.3, 0.4) is 0 Å². The molecule has 0 fully saturated rings. The highest BCUT2D eigenvalue weighted by Crippen LogP contribution is 2.24. The van der Waals surface area contributed by atoms with Gasteiger partial charge in [-0.2, -0.15) is 0 Å². The minimum atomic E-state index is 0.582. The maximum absolute atomic E-state index is 3.51. The average molecular weight is 284 g/mol. The van der Waals surface area contributed by atoms with Crippen LogP contribution < -0.4 is 0 Å². The van der Waals surface area contributed by atoms with Crippen molar-refractivity contribution in [1.29, 1.82) is 0 Å². The van der Waals surface area contributed by atoms with Gasteiger partial charge >= 0.3 is 0 Å². The van der Waals surface area contributed by atoms with E-state index in [4.69, 9.17) is 0 Å². The number of alkyl halides is 1. The Labute approximate surface area is 81.9 Å². The summed E-state index contributed by atoms with van der Waals surface area (Å²) >= 11 is 8.74. The van der Waals surface area contributed by atoms with Gasteiger partial charge in [0.1, 0.15) is 0 Å². The van der Waals surface area contributed by atoms with E-state index in [1.54, 1.807) is 11.3 Å². The number of thiophene rings is 1. The van der Waals surface area contributed by atoms with Gasteiger partial charge in [-0.3, -0.25) is 0 Å². The average Bonchev–Trinajstić information content (AvgIpc) is 2.13. The van der Waals surface area contributed by atoms with Crippen molar-refractivity contribution in [3.05, 3.63) is 20.8 Å². The highest BCUT2D eigenvalue weighted by molar-refractivity contribution is 9.11. The van der Waals surface area contributed by atoms with Gasteiger partial charge in [0.2, 0.25) is 0 Å². The van der Waals surface area contributed by atoms with E-state index in [9.17, 15) is 0 Å². The lowest BCUT2D eigenvalue weighted by atomic mass is 10.3. The minimum Gasteiger partial charge on any atom is -0.133 e. The van der Waals surface area contributed by atoms with E-state index in [-0.39, 0.29) is 0 Å². The van der Waals surface area contributed by atoms with E-state index in [1.807, 2.05) is 0 Å². The molecule has 1 unspecified atom stereocenters. The lowest BCUT2D eigenvalue weighted by molar-refractivity contribution is 0.980. The summed E-state index contributed by atoms with van der Waals surface area (Å²) in [6.07, 6.45) is 1.12. The Balaban J connectivity index is 2.58. The lowest BCUT2D eigenvalue weighted by Crippen LogP contribution is -1.92. The van der Waals surface area contributed by atoms with E-state index >= 15 is 0 Å². The second-order valence-electron chi connectivity index (χ2n) is 2.19. The maximum Gasteiger partial charge on any atom is 0.0701 e. The van der Waals surface area contributed by atoms with Crippen LogP contribution in [0.25, 0.3) is 0 Å². The number of hydrogen-bond donors (Lipinski definition) is 0. The maximum atomic E-state index is 3.51. The van der Waals surface area contributed by atoms with E-state index in [2.05, 4.69) is 50.9 Å². The van der Waals surface area contributed by atoms with Crippen molar-refractivity contribution in [3.63, 3.8) is 0 Å². The van der Waals surface area contributed by atoms with Crippen molar-refractivity contribution < 1.29 is 0 Å². The Kier molecular flexibility index (Phi) is 3.40. The highest BCUT2D eigenvalue weighted by atomic mass is 79.9. The molecule has 0 N–H and O–H groups in total. The van der Waals surface area contributed by atoms with Gasteiger partial charge in [-0.25, -0.2) is 0 Å². The van der Waals surface area contributed by atoms with Crippen molar-refractivity contribution in [1.82, 2.24) is 0 Å². The molecule has 0 aliphatic heterocycles. The van der Waals surface area contributed by atoms with E-state index in [0.717, 1.165) is 6.42 Å². The van der Waals surface area contributed by atoms with Gasteiger partial charge in [-0.05, 0) is 34.5 Å². The smallest absolute Gasteiger partial charge is 0.0701 e. The number of halogens is 2. The van der Waals surface area contributed by atoms with Crippen molar-refractivity contribution in [2.45, 2.75) is 18.2 Å². The number of rotatable bonds is 2. The highest BCUT2D eigenvalue weighted by Gasteiger charge is 2.00. The van der Waals surface area contributed by atoms with Crippen LogP contribution in [0.15, 0.2) is 15.9 Å². The van der Waals surface area contributed by atoms with Crippen molar-refractivity contribution in [2.24, 2.45) is 0 Å². The summed E-state index contributed by atoms with van der Waals surface area (Å²) in [7, 11) is 0. The third-order valence-electron chi connectivity index (χ3n) is 1.11. The fourth-order valence-electron chi connectivity index (χ4n) is 0.739. The largest absolute Gasteiger partial charge is 0.133 e. The SMILES string of the molecule is CC(Br)Cc1ccc(Br)s1. The first-order chi connectivity index (χ1) is 4.68. The molecule has 0 bridgehead atoms. The van der Waals surface area contributed by atoms with Gasteiger partial charge < -0.3 is 0 Å². The molecule has 1 rings (SSSR count). The summed E-state index contributed by atoms with van der Waals surface area (Å²) in [6, 6.07) is 4.25. The lowest BCUT2D eigenvalue weighted by Gasteiger charge is -1.96. The van der Waals surface area contributed by atoms with Crippen LogP contribution in [0.1, 0.15) is 11.8 Å². The van der Waals surface area contributed by atoms with Crippen LogP contribution in [-0.4, -0.2) is 4.83 Å². The van der Waals surface area contributed by atoms with Crippen molar-refractivity contribution >= 4 is 43.2 Å². The molecule has 0 nitrogen and oxygen atoms in total. The van der Waals surface area contributed by atoms with E-state index in [1.165, 1.54) is 8.66 Å². The van der Waals surface area contributed by atoms with Gasteiger partial charge in [0.05, 0.1) is 3.79 Å². The summed E-state index contributed by atoms with van der Waals surface area (Å²) < 4.78 is 1.22. The Morgan fingerprint density at radius 1 is 1.60 bits per heavy atom. The van der Waals surface area contributed by atoms with Crippen LogP contribution in [0.2, 0.25) is 0 Å². The summed E-state index contributed by atoms with van der Waals surface area (Å²) in [5.41, 5.74) is 0. The standard InChI is InChI=1S/C7H8Br2S/c1-5(8)4-6-2-3-7(9)10-6/h2-3,5H,4H2,1H3. The molecule has 1 heterocycles. The zero-order valence-electron chi connectivity index (χ0n) is 5.60. The Bertz CT molecular complexity index is 205. The van der Waals surface area contributed by atoms with Crippen molar-refractivity contribution in [3.8, 4) is 0 Å². The second kappa shape index (κ2) is 3.88. The Hall–Kier alpha value is 0.660. The zero-order valence-corrected chi connectivity index (χ0v) is 9.59. The molecule has 56 valence electrons. The molecule has 10 heavy (non-hydrogen) atoms. The molecule has 0 saturated carbocycles. The molecule has 1 aromatic heterocycles. The fraction of sp³-hybridized carbons (Fsp3) is 0.429. The molecule has 1 atom stereocenters. The molecule has 0 spiro atoms. The first-order valence-corrected chi connectivity index (χ1v) is 5.59. The summed E-state index contributed by atoms with van der Waals surface area (Å²) in [6.45, 7) is 2.16. The van der Waals surface area contributed by atoms with Gasteiger partial charge in [-0.1, -0.05) is 22.9 Å². The minimum absolute atomic E-state index is 0.582. The van der Waals surface area contributed by atoms with Crippen LogP contribution in [0.4, 0.5) is 0 Å². The van der Waals surface area contributed by atoms with Crippen LogP contribution in [-0.2, 0) is 6.42 Å². The summed E-state index contributed by atoms with van der Waals surface area (Å²) in [5, 5.41) is 0. The molecule has 0 radical (unpaired) electrons. The third-order valence-corrected chi connectivity index (χ3v) is 3.08. The predicted molar refractivity (Wildman–Crippen MR) is 54.1 cm³/mol. The summed E-state index contributed by atoms with van der Waals surface area (Å²) in [5.74, 6) is 0. The van der Waals surface area contributed by atoms with Crippen LogP contribution in [0, 0.1) is 0 Å². The topological polar surface area (TPSA) is 0 Å². The summed E-state index contributed by atoms with van der Waals surface area (Å²) in [4.78, 5) is 2.01.